The Morgan fingerprint density at radius 1 is 1.56 bits per heavy atom. The highest BCUT2D eigenvalue weighted by Crippen LogP contribution is 2.31. The number of halogens is 1. The largest absolute Gasteiger partial charge is 0.491 e. The summed E-state index contributed by atoms with van der Waals surface area (Å²) in [6.45, 7) is 4.42. The summed E-state index contributed by atoms with van der Waals surface area (Å²) in [5.74, 6) is 0.642. The van der Waals surface area contributed by atoms with E-state index >= 15 is 0 Å². The molecule has 1 fully saturated rings. The van der Waals surface area contributed by atoms with Crippen molar-refractivity contribution in [3.05, 3.63) is 28.8 Å². The van der Waals surface area contributed by atoms with Crippen LogP contribution in [-0.4, -0.2) is 25.9 Å². The molecule has 0 unspecified atom stereocenters. The van der Waals surface area contributed by atoms with Crippen molar-refractivity contribution in [2.45, 2.75) is 13.5 Å². The highest BCUT2D eigenvalue weighted by Gasteiger charge is 2.34. The third-order valence-electron chi connectivity index (χ3n) is 2.80. The van der Waals surface area contributed by atoms with Gasteiger partial charge in [-0.15, -0.1) is 0 Å². The fourth-order valence-electron chi connectivity index (χ4n) is 1.67. The lowest BCUT2D eigenvalue weighted by Gasteiger charge is -2.37. The monoisotopic (exact) mass is 267 g/mol. The predicted molar refractivity (Wildman–Crippen MR) is 67.7 cm³/mol. The van der Waals surface area contributed by atoms with Gasteiger partial charge in [-0.2, -0.15) is 0 Å². The third kappa shape index (κ3) is 3.10. The summed E-state index contributed by atoms with van der Waals surface area (Å²) in [7, 11) is 0. The minimum absolute atomic E-state index is 0.0871. The number of isocyanates is 1. The van der Waals surface area contributed by atoms with Crippen LogP contribution in [0, 0.1) is 5.41 Å². The molecular weight excluding hydrogens is 254 g/mol. The molecule has 1 aliphatic rings. The van der Waals surface area contributed by atoms with Crippen LogP contribution < -0.4 is 4.74 Å². The first-order valence-corrected chi connectivity index (χ1v) is 6.03. The summed E-state index contributed by atoms with van der Waals surface area (Å²) in [5.41, 5.74) is 0.943. The Morgan fingerprint density at radius 3 is 2.89 bits per heavy atom. The second-order valence-electron chi connectivity index (χ2n) is 4.76. The Balaban J connectivity index is 1.98. The molecule has 0 N–H and O–H groups in total. The van der Waals surface area contributed by atoms with Gasteiger partial charge in [0.15, 0.2) is 0 Å². The number of hydrogen-bond acceptors (Lipinski definition) is 4. The third-order valence-corrected chi connectivity index (χ3v) is 3.10. The van der Waals surface area contributed by atoms with Gasteiger partial charge in [-0.1, -0.05) is 24.6 Å². The molecule has 0 bridgehead atoms. The van der Waals surface area contributed by atoms with Gasteiger partial charge in [0.05, 0.1) is 31.4 Å². The van der Waals surface area contributed by atoms with Crippen LogP contribution in [0.25, 0.3) is 0 Å². The normalized spacial score (nSPS) is 16.6. The lowest BCUT2D eigenvalue weighted by atomic mass is 9.90. The Hall–Kier alpha value is -1.35. The fourth-order valence-corrected chi connectivity index (χ4v) is 1.93. The summed E-state index contributed by atoms with van der Waals surface area (Å²) >= 11 is 6.10. The Kier molecular flexibility index (Phi) is 4.02. The lowest BCUT2D eigenvalue weighted by molar-refractivity contribution is -0.120. The SMILES string of the molecule is CC1(COc2ccc(CN=C=O)cc2Cl)COC1. The maximum absolute atomic E-state index is 10.0. The Bertz CT molecular complexity index is 479. The molecule has 18 heavy (non-hydrogen) atoms. The molecule has 1 aliphatic heterocycles. The van der Waals surface area contributed by atoms with Crippen molar-refractivity contribution in [2.24, 2.45) is 10.4 Å². The first-order valence-electron chi connectivity index (χ1n) is 5.66. The minimum Gasteiger partial charge on any atom is -0.491 e. The van der Waals surface area contributed by atoms with Gasteiger partial charge in [0.25, 0.3) is 0 Å². The Labute approximate surface area is 111 Å². The van der Waals surface area contributed by atoms with Crippen LogP contribution >= 0.6 is 11.6 Å². The van der Waals surface area contributed by atoms with Gasteiger partial charge >= 0.3 is 0 Å². The van der Waals surface area contributed by atoms with E-state index in [1.807, 2.05) is 6.07 Å². The van der Waals surface area contributed by atoms with Gasteiger partial charge in [-0.05, 0) is 17.7 Å². The molecule has 0 spiro atoms. The van der Waals surface area contributed by atoms with E-state index in [2.05, 4.69) is 11.9 Å². The summed E-state index contributed by atoms with van der Waals surface area (Å²) in [4.78, 5) is 13.5. The molecule has 0 atom stereocenters. The van der Waals surface area contributed by atoms with E-state index in [0.29, 0.717) is 17.4 Å². The smallest absolute Gasteiger partial charge is 0.235 e. The van der Waals surface area contributed by atoms with E-state index in [1.54, 1.807) is 12.1 Å². The Morgan fingerprint density at radius 2 is 2.33 bits per heavy atom. The lowest BCUT2D eigenvalue weighted by Crippen LogP contribution is -2.44. The summed E-state index contributed by atoms with van der Waals surface area (Å²) in [6, 6.07) is 5.37. The number of benzene rings is 1. The number of aliphatic imine (C=N–C) groups is 1. The average molecular weight is 268 g/mol. The zero-order valence-electron chi connectivity index (χ0n) is 10.1. The maximum Gasteiger partial charge on any atom is 0.235 e. The molecule has 2 rings (SSSR count). The van der Waals surface area contributed by atoms with E-state index in [1.165, 1.54) is 6.08 Å². The van der Waals surface area contributed by atoms with Gasteiger partial charge in [-0.25, -0.2) is 9.79 Å². The molecule has 0 radical (unpaired) electrons. The van der Waals surface area contributed by atoms with Crippen LogP contribution in [0.2, 0.25) is 5.02 Å². The van der Waals surface area contributed by atoms with Crippen LogP contribution in [0.15, 0.2) is 23.2 Å². The zero-order valence-corrected chi connectivity index (χ0v) is 10.9. The van der Waals surface area contributed by atoms with Crippen molar-refractivity contribution in [3.8, 4) is 5.75 Å². The van der Waals surface area contributed by atoms with Gasteiger partial charge in [0, 0.05) is 5.41 Å². The van der Waals surface area contributed by atoms with Crippen LogP contribution in [0.4, 0.5) is 0 Å². The molecule has 0 saturated carbocycles. The number of hydrogen-bond donors (Lipinski definition) is 0. The van der Waals surface area contributed by atoms with E-state index in [-0.39, 0.29) is 12.0 Å². The molecule has 1 aromatic carbocycles. The second-order valence-corrected chi connectivity index (χ2v) is 5.17. The fraction of sp³-hybridized carbons (Fsp3) is 0.462. The van der Waals surface area contributed by atoms with Crippen molar-refractivity contribution in [2.75, 3.05) is 19.8 Å². The molecule has 1 saturated heterocycles. The number of rotatable bonds is 5. The minimum atomic E-state index is 0.0871. The summed E-state index contributed by atoms with van der Waals surface area (Å²) < 4.78 is 10.8. The zero-order chi connectivity index (χ0) is 13.0. The van der Waals surface area contributed by atoms with Gasteiger partial charge in [0.1, 0.15) is 5.75 Å². The molecule has 0 aromatic heterocycles. The number of carbonyl (C=O) groups excluding carboxylic acids is 1. The summed E-state index contributed by atoms with van der Waals surface area (Å²) in [5, 5.41) is 0.525. The van der Waals surface area contributed by atoms with Gasteiger partial charge < -0.3 is 9.47 Å². The van der Waals surface area contributed by atoms with Crippen LogP contribution in [0.1, 0.15) is 12.5 Å². The predicted octanol–water partition coefficient (Wildman–Crippen LogP) is 2.59. The molecule has 0 amide bonds. The van der Waals surface area contributed by atoms with Crippen molar-refractivity contribution in [3.63, 3.8) is 0 Å². The molecular formula is C13H14ClNO3. The summed E-state index contributed by atoms with van der Waals surface area (Å²) in [6.07, 6.45) is 1.50. The molecule has 4 nitrogen and oxygen atoms in total. The molecule has 1 heterocycles. The quantitative estimate of drug-likeness (QED) is 0.609. The van der Waals surface area contributed by atoms with E-state index in [9.17, 15) is 4.79 Å². The highest BCUT2D eigenvalue weighted by atomic mass is 35.5. The van der Waals surface area contributed by atoms with Crippen molar-refractivity contribution < 1.29 is 14.3 Å². The topological polar surface area (TPSA) is 47.9 Å². The first kappa shape index (κ1) is 13.1. The van der Waals surface area contributed by atoms with Gasteiger partial charge in [-0.3, -0.25) is 0 Å². The van der Waals surface area contributed by atoms with Crippen molar-refractivity contribution in [1.29, 1.82) is 0 Å². The first-order chi connectivity index (χ1) is 8.63. The van der Waals surface area contributed by atoms with Crippen LogP contribution in [0.3, 0.4) is 0 Å². The number of ether oxygens (including phenoxy) is 2. The van der Waals surface area contributed by atoms with Gasteiger partial charge in [0.2, 0.25) is 6.08 Å². The average Bonchev–Trinajstić information content (AvgIpc) is 2.33. The van der Waals surface area contributed by atoms with Crippen molar-refractivity contribution in [1.82, 2.24) is 0 Å². The molecule has 1 aromatic rings. The van der Waals surface area contributed by atoms with E-state index < -0.39 is 0 Å². The second kappa shape index (κ2) is 5.53. The van der Waals surface area contributed by atoms with Crippen LogP contribution in [0.5, 0.6) is 5.75 Å². The van der Waals surface area contributed by atoms with E-state index in [4.69, 9.17) is 21.1 Å². The van der Waals surface area contributed by atoms with Crippen molar-refractivity contribution >= 4 is 17.7 Å². The standard InChI is InChI=1S/C13H14ClNO3/c1-13(6-17-7-13)8-18-12-3-2-10(4-11(12)14)5-15-9-16/h2-4H,5-8H2,1H3. The highest BCUT2D eigenvalue weighted by molar-refractivity contribution is 6.32. The van der Waals surface area contributed by atoms with E-state index in [0.717, 1.165) is 18.8 Å². The number of nitrogens with zero attached hydrogens (tertiary/aromatic N) is 1. The molecule has 5 heteroatoms. The molecule has 96 valence electrons. The molecule has 0 aliphatic carbocycles. The maximum atomic E-state index is 10.0. The van der Waals surface area contributed by atoms with Crippen LogP contribution in [-0.2, 0) is 16.1 Å².